The lowest BCUT2D eigenvalue weighted by atomic mass is 10.1. The molecule has 1 N–H and O–H groups in total. The van der Waals surface area contributed by atoms with Crippen LogP contribution in [0.25, 0.3) is 0 Å². The number of hydrogen-bond acceptors (Lipinski definition) is 5. The number of hydrogen-bond donors (Lipinski definition) is 1. The number of aromatic nitrogens is 2. The average molecular weight is 334 g/mol. The molecule has 1 saturated heterocycles. The molecule has 0 amide bonds. The highest BCUT2D eigenvalue weighted by atomic mass is 32.1. The van der Waals surface area contributed by atoms with Gasteiger partial charge >= 0.3 is 0 Å². The summed E-state index contributed by atoms with van der Waals surface area (Å²) in [6, 6.07) is 2.63. The number of thiophene rings is 1. The second-order valence-electron chi connectivity index (χ2n) is 6.21. The lowest BCUT2D eigenvalue weighted by molar-refractivity contribution is 0.0500. The standard InChI is InChI=1S/C17H26N4OS/c1-2-21-12-16(9-18-21)10-19-5-6-20(17(13-19)3-7-22)11-15-4-8-23-14-15/h4,8-9,12,14,17,22H,2-3,5-7,10-11,13H2,1H3/t17-/m1/s1. The minimum absolute atomic E-state index is 0.256. The predicted molar refractivity (Wildman–Crippen MR) is 93.4 cm³/mol. The second-order valence-corrected chi connectivity index (χ2v) is 6.99. The maximum absolute atomic E-state index is 9.42. The van der Waals surface area contributed by atoms with Gasteiger partial charge in [0.15, 0.2) is 0 Å². The monoisotopic (exact) mass is 334 g/mol. The zero-order valence-corrected chi connectivity index (χ0v) is 14.6. The smallest absolute Gasteiger partial charge is 0.0534 e. The van der Waals surface area contributed by atoms with Crippen molar-refractivity contribution in [2.45, 2.75) is 39.0 Å². The number of aliphatic hydroxyl groups excluding tert-OH is 1. The number of piperazine rings is 1. The molecule has 1 fully saturated rings. The third-order valence-corrected chi connectivity index (χ3v) is 5.27. The van der Waals surface area contributed by atoms with Crippen LogP contribution in [0.2, 0.25) is 0 Å². The van der Waals surface area contributed by atoms with Crippen LogP contribution in [0.1, 0.15) is 24.5 Å². The molecule has 3 heterocycles. The van der Waals surface area contributed by atoms with Gasteiger partial charge in [0.2, 0.25) is 0 Å². The highest BCUT2D eigenvalue weighted by molar-refractivity contribution is 7.07. The molecule has 1 atom stereocenters. The number of nitrogens with zero attached hydrogens (tertiary/aromatic N) is 4. The maximum atomic E-state index is 9.42. The van der Waals surface area contributed by atoms with E-state index >= 15 is 0 Å². The summed E-state index contributed by atoms with van der Waals surface area (Å²) in [7, 11) is 0. The Morgan fingerprint density at radius 3 is 2.91 bits per heavy atom. The molecule has 0 aromatic carbocycles. The molecule has 0 aliphatic carbocycles. The Hall–Kier alpha value is -1.21. The summed E-state index contributed by atoms with van der Waals surface area (Å²) in [5, 5.41) is 18.1. The Balaban J connectivity index is 1.59. The van der Waals surface area contributed by atoms with E-state index in [9.17, 15) is 5.11 Å². The molecule has 23 heavy (non-hydrogen) atoms. The zero-order chi connectivity index (χ0) is 16.1. The van der Waals surface area contributed by atoms with Crippen molar-refractivity contribution in [1.29, 1.82) is 0 Å². The first-order valence-corrected chi connectivity index (χ1v) is 9.32. The van der Waals surface area contributed by atoms with E-state index in [0.717, 1.165) is 45.7 Å². The molecule has 126 valence electrons. The molecular weight excluding hydrogens is 308 g/mol. The van der Waals surface area contributed by atoms with E-state index < -0.39 is 0 Å². The molecule has 1 aliphatic rings. The van der Waals surface area contributed by atoms with Crippen molar-refractivity contribution in [3.8, 4) is 0 Å². The fourth-order valence-corrected chi connectivity index (χ4v) is 3.93. The van der Waals surface area contributed by atoms with Crippen LogP contribution in [-0.4, -0.2) is 57.0 Å². The summed E-state index contributed by atoms with van der Waals surface area (Å²) in [6.45, 7) is 8.38. The fourth-order valence-electron chi connectivity index (χ4n) is 3.27. The van der Waals surface area contributed by atoms with Crippen LogP contribution in [-0.2, 0) is 19.6 Å². The lowest BCUT2D eigenvalue weighted by Gasteiger charge is -2.41. The Labute approximate surface area is 142 Å². The van der Waals surface area contributed by atoms with E-state index in [1.165, 1.54) is 11.1 Å². The number of aryl methyl sites for hydroxylation is 1. The molecular formula is C17H26N4OS. The van der Waals surface area contributed by atoms with Gasteiger partial charge in [0.25, 0.3) is 0 Å². The van der Waals surface area contributed by atoms with Gasteiger partial charge in [-0.2, -0.15) is 16.4 Å². The third kappa shape index (κ3) is 4.41. The van der Waals surface area contributed by atoms with Crippen LogP contribution >= 0.6 is 11.3 Å². The van der Waals surface area contributed by atoms with Crippen molar-refractivity contribution < 1.29 is 5.11 Å². The van der Waals surface area contributed by atoms with E-state index in [0.29, 0.717) is 6.04 Å². The largest absolute Gasteiger partial charge is 0.396 e. The zero-order valence-electron chi connectivity index (χ0n) is 13.8. The van der Waals surface area contributed by atoms with Crippen LogP contribution in [0.15, 0.2) is 29.2 Å². The highest BCUT2D eigenvalue weighted by Crippen LogP contribution is 2.19. The molecule has 3 rings (SSSR count). The lowest BCUT2D eigenvalue weighted by Crippen LogP contribution is -2.52. The maximum Gasteiger partial charge on any atom is 0.0534 e. The minimum Gasteiger partial charge on any atom is -0.396 e. The highest BCUT2D eigenvalue weighted by Gasteiger charge is 2.26. The van der Waals surface area contributed by atoms with Crippen molar-refractivity contribution in [2.24, 2.45) is 0 Å². The van der Waals surface area contributed by atoms with Gasteiger partial charge in [-0.25, -0.2) is 0 Å². The van der Waals surface area contributed by atoms with Crippen molar-refractivity contribution in [3.05, 3.63) is 40.3 Å². The quantitative estimate of drug-likeness (QED) is 0.841. The fraction of sp³-hybridized carbons (Fsp3) is 0.588. The summed E-state index contributed by atoms with van der Waals surface area (Å²) in [6.07, 6.45) is 4.95. The van der Waals surface area contributed by atoms with Crippen LogP contribution in [0.4, 0.5) is 0 Å². The normalized spacial score (nSPS) is 20.2. The molecule has 0 radical (unpaired) electrons. The van der Waals surface area contributed by atoms with Crippen molar-refractivity contribution in [2.75, 3.05) is 26.2 Å². The Bertz CT molecular complexity index is 583. The van der Waals surface area contributed by atoms with Gasteiger partial charge in [-0.15, -0.1) is 0 Å². The topological polar surface area (TPSA) is 44.5 Å². The summed E-state index contributed by atoms with van der Waals surface area (Å²) < 4.78 is 1.98. The molecule has 6 heteroatoms. The van der Waals surface area contributed by atoms with Crippen molar-refractivity contribution >= 4 is 11.3 Å². The SMILES string of the molecule is CCn1cc(CN2CCN(Cc3ccsc3)[C@H](CCO)C2)cn1. The first kappa shape index (κ1) is 16.6. The van der Waals surface area contributed by atoms with Gasteiger partial charge in [-0.3, -0.25) is 14.5 Å². The van der Waals surface area contributed by atoms with Gasteiger partial charge in [0.1, 0.15) is 0 Å². The predicted octanol–water partition coefficient (Wildman–Crippen LogP) is 2.03. The van der Waals surface area contributed by atoms with Crippen LogP contribution in [0.5, 0.6) is 0 Å². The van der Waals surface area contributed by atoms with Crippen LogP contribution < -0.4 is 0 Å². The summed E-state index contributed by atoms with van der Waals surface area (Å²) in [4.78, 5) is 5.01. The van der Waals surface area contributed by atoms with Crippen LogP contribution in [0, 0.1) is 0 Å². The van der Waals surface area contributed by atoms with E-state index in [-0.39, 0.29) is 6.61 Å². The summed E-state index contributed by atoms with van der Waals surface area (Å²) in [5.74, 6) is 0. The molecule has 0 unspecified atom stereocenters. The third-order valence-electron chi connectivity index (χ3n) is 4.53. The molecule has 0 spiro atoms. The van der Waals surface area contributed by atoms with Gasteiger partial charge in [-0.1, -0.05) is 0 Å². The van der Waals surface area contributed by atoms with Gasteiger partial charge in [0.05, 0.1) is 6.20 Å². The average Bonchev–Trinajstić information content (AvgIpc) is 3.21. The van der Waals surface area contributed by atoms with Gasteiger partial charge < -0.3 is 5.11 Å². The summed E-state index contributed by atoms with van der Waals surface area (Å²) in [5.41, 5.74) is 2.66. The van der Waals surface area contributed by atoms with E-state index in [2.05, 4.69) is 44.8 Å². The van der Waals surface area contributed by atoms with E-state index in [1.54, 1.807) is 11.3 Å². The summed E-state index contributed by atoms with van der Waals surface area (Å²) >= 11 is 1.75. The Kier molecular flexibility index (Phi) is 5.83. The van der Waals surface area contributed by atoms with Gasteiger partial charge in [-0.05, 0) is 35.7 Å². The number of aliphatic hydroxyl groups is 1. The molecule has 1 aliphatic heterocycles. The molecule has 0 bridgehead atoms. The first-order valence-electron chi connectivity index (χ1n) is 8.38. The van der Waals surface area contributed by atoms with Crippen molar-refractivity contribution in [3.63, 3.8) is 0 Å². The Morgan fingerprint density at radius 1 is 1.30 bits per heavy atom. The van der Waals surface area contributed by atoms with Crippen LogP contribution in [0.3, 0.4) is 0 Å². The second kappa shape index (κ2) is 8.06. The van der Waals surface area contributed by atoms with Crippen molar-refractivity contribution in [1.82, 2.24) is 19.6 Å². The molecule has 0 saturated carbocycles. The Morgan fingerprint density at radius 2 is 2.22 bits per heavy atom. The first-order chi connectivity index (χ1) is 11.3. The van der Waals surface area contributed by atoms with Gasteiger partial charge in [0, 0.05) is 63.7 Å². The number of rotatable bonds is 7. The molecule has 2 aromatic heterocycles. The molecule has 5 nitrogen and oxygen atoms in total. The molecule has 2 aromatic rings. The van der Waals surface area contributed by atoms with E-state index in [4.69, 9.17) is 0 Å². The minimum atomic E-state index is 0.256. The van der Waals surface area contributed by atoms with E-state index in [1.807, 2.05) is 10.9 Å².